The van der Waals surface area contributed by atoms with Gasteiger partial charge in [0.15, 0.2) is 5.82 Å². The quantitative estimate of drug-likeness (QED) is 0.840. The number of rotatable bonds is 4. The van der Waals surface area contributed by atoms with Crippen molar-refractivity contribution in [3.05, 3.63) is 66.4 Å². The summed E-state index contributed by atoms with van der Waals surface area (Å²) in [6.07, 6.45) is 0.216. The molecule has 2 heterocycles. The molecular weight excluding hydrogens is 381 g/mol. The van der Waals surface area contributed by atoms with Crippen molar-refractivity contribution in [3.8, 4) is 11.4 Å². The molecular formula is C21H20F3N4O. The van der Waals surface area contributed by atoms with Crippen LogP contribution in [0.5, 0.6) is 0 Å². The first-order valence-electron chi connectivity index (χ1n) is 9.39. The lowest BCUT2D eigenvalue weighted by Gasteiger charge is -2.29. The topological polar surface area (TPSA) is 50.3 Å². The van der Waals surface area contributed by atoms with Gasteiger partial charge in [-0.1, -0.05) is 30.3 Å². The summed E-state index contributed by atoms with van der Waals surface area (Å²) in [6, 6.07) is 11.4. The molecule has 2 aromatic rings. The van der Waals surface area contributed by atoms with Gasteiger partial charge in [-0.15, -0.1) is 13.2 Å². The number of aromatic nitrogens is 2. The smallest absolute Gasteiger partial charge is 0.406 e. The van der Waals surface area contributed by atoms with E-state index in [2.05, 4.69) is 19.9 Å². The minimum atomic E-state index is -4.72. The van der Waals surface area contributed by atoms with E-state index in [4.69, 9.17) is 4.98 Å². The number of nitrogens with zero attached hydrogens (tertiary/aromatic N) is 3. The summed E-state index contributed by atoms with van der Waals surface area (Å²) >= 11 is 0. The van der Waals surface area contributed by atoms with Gasteiger partial charge < -0.3 is 15.0 Å². The van der Waals surface area contributed by atoms with Crippen molar-refractivity contribution in [2.45, 2.75) is 12.8 Å². The van der Waals surface area contributed by atoms with Crippen LogP contribution in [-0.2, 0) is 4.74 Å². The number of alkyl halides is 3. The SMILES string of the molecule is FC(F)(F)OC1=CC[CH]C(c2cc(N3CCNCC3)nc(-c3ccccc3)n2)=C1. The Morgan fingerprint density at radius 2 is 1.79 bits per heavy atom. The molecule has 1 fully saturated rings. The molecule has 0 saturated carbocycles. The van der Waals surface area contributed by atoms with Crippen LogP contribution in [0.1, 0.15) is 12.1 Å². The third-order valence-corrected chi connectivity index (χ3v) is 4.67. The Morgan fingerprint density at radius 3 is 2.52 bits per heavy atom. The fraction of sp³-hybridized carbons (Fsp3) is 0.286. The molecule has 1 saturated heterocycles. The van der Waals surface area contributed by atoms with E-state index in [0.717, 1.165) is 37.6 Å². The summed E-state index contributed by atoms with van der Waals surface area (Å²) in [5.74, 6) is 1.08. The molecule has 1 aliphatic heterocycles. The molecule has 29 heavy (non-hydrogen) atoms. The zero-order valence-corrected chi connectivity index (χ0v) is 15.6. The molecule has 1 aliphatic carbocycles. The van der Waals surface area contributed by atoms with Crippen LogP contribution in [0.25, 0.3) is 17.0 Å². The average Bonchev–Trinajstić information content (AvgIpc) is 2.74. The maximum absolute atomic E-state index is 12.6. The molecule has 4 rings (SSSR count). The van der Waals surface area contributed by atoms with Gasteiger partial charge in [-0.3, -0.25) is 0 Å². The fourth-order valence-electron chi connectivity index (χ4n) is 3.31. The van der Waals surface area contributed by atoms with E-state index in [1.807, 2.05) is 42.8 Å². The summed E-state index contributed by atoms with van der Waals surface area (Å²) in [5, 5.41) is 3.30. The molecule has 151 valence electrons. The lowest BCUT2D eigenvalue weighted by atomic mass is 10.0. The predicted octanol–water partition coefficient (Wildman–Crippen LogP) is 3.96. The number of anilines is 1. The normalized spacial score (nSPS) is 17.6. The van der Waals surface area contributed by atoms with E-state index >= 15 is 0 Å². The maximum Gasteiger partial charge on any atom is 0.573 e. The van der Waals surface area contributed by atoms with Gasteiger partial charge in [0, 0.05) is 37.8 Å². The third kappa shape index (κ3) is 4.95. The van der Waals surface area contributed by atoms with Crippen LogP contribution in [0.3, 0.4) is 0 Å². The molecule has 1 radical (unpaired) electrons. The zero-order valence-electron chi connectivity index (χ0n) is 15.6. The molecule has 1 aromatic carbocycles. The molecule has 5 nitrogen and oxygen atoms in total. The highest BCUT2D eigenvalue weighted by Gasteiger charge is 2.32. The summed E-state index contributed by atoms with van der Waals surface area (Å²) in [5.41, 5.74) is 2.01. The second kappa shape index (κ2) is 8.24. The van der Waals surface area contributed by atoms with Crippen LogP contribution in [-0.4, -0.2) is 42.5 Å². The molecule has 1 N–H and O–H groups in total. The Balaban J connectivity index is 1.73. The number of ether oxygens (including phenoxy) is 1. The standard InChI is InChI=1S/C21H20F3N4O/c22-21(23,24)29-17-8-4-7-16(13-17)18-14-19(28-11-9-25-10-12-28)27-20(26-18)15-5-2-1-3-6-15/h1-3,5-8,13-14,25H,4,9-12H2. The van der Waals surface area contributed by atoms with Crippen LogP contribution in [0, 0.1) is 6.42 Å². The van der Waals surface area contributed by atoms with E-state index in [9.17, 15) is 13.2 Å². The lowest BCUT2D eigenvalue weighted by molar-refractivity contribution is -0.303. The molecule has 0 amide bonds. The van der Waals surface area contributed by atoms with E-state index in [1.165, 1.54) is 12.2 Å². The Kier molecular flexibility index (Phi) is 5.53. The Bertz CT molecular complexity index is 919. The van der Waals surface area contributed by atoms with Gasteiger partial charge in [-0.05, 0) is 30.6 Å². The largest absolute Gasteiger partial charge is 0.573 e. The number of halogens is 3. The van der Waals surface area contributed by atoms with Crippen molar-refractivity contribution in [3.63, 3.8) is 0 Å². The average molecular weight is 401 g/mol. The molecule has 0 atom stereocenters. The van der Waals surface area contributed by atoms with Gasteiger partial charge in [0.2, 0.25) is 0 Å². The summed E-state index contributed by atoms with van der Waals surface area (Å²) in [6.45, 7) is 3.30. The fourth-order valence-corrected chi connectivity index (χ4v) is 3.31. The molecule has 8 heteroatoms. The van der Waals surface area contributed by atoms with Crippen molar-refractivity contribution in [2.24, 2.45) is 0 Å². The third-order valence-electron chi connectivity index (χ3n) is 4.67. The van der Waals surface area contributed by atoms with Crippen LogP contribution < -0.4 is 10.2 Å². The number of allylic oxidation sites excluding steroid dienone is 3. The van der Waals surface area contributed by atoms with E-state index < -0.39 is 6.36 Å². The maximum atomic E-state index is 12.6. The van der Waals surface area contributed by atoms with E-state index in [1.54, 1.807) is 0 Å². The Morgan fingerprint density at radius 1 is 1.03 bits per heavy atom. The first-order valence-corrected chi connectivity index (χ1v) is 9.39. The molecule has 1 aromatic heterocycles. The van der Waals surface area contributed by atoms with Crippen LogP contribution in [0.15, 0.2) is 54.3 Å². The second-order valence-corrected chi connectivity index (χ2v) is 6.73. The minimum Gasteiger partial charge on any atom is -0.406 e. The number of nitrogens with one attached hydrogen (secondary N) is 1. The van der Waals surface area contributed by atoms with Gasteiger partial charge >= 0.3 is 6.36 Å². The summed E-state index contributed by atoms with van der Waals surface area (Å²) < 4.78 is 42.0. The number of hydrogen-bond acceptors (Lipinski definition) is 5. The summed E-state index contributed by atoms with van der Waals surface area (Å²) in [7, 11) is 0. The second-order valence-electron chi connectivity index (χ2n) is 6.73. The van der Waals surface area contributed by atoms with Gasteiger partial charge in [0.25, 0.3) is 0 Å². The van der Waals surface area contributed by atoms with Crippen LogP contribution in [0.4, 0.5) is 19.0 Å². The molecule has 0 spiro atoms. The van der Waals surface area contributed by atoms with Crippen molar-refractivity contribution in [1.82, 2.24) is 15.3 Å². The van der Waals surface area contributed by atoms with E-state index in [0.29, 0.717) is 23.5 Å². The van der Waals surface area contributed by atoms with Crippen molar-refractivity contribution in [2.75, 3.05) is 31.1 Å². The van der Waals surface area contributed by atoms with Gasteiger partial charge in [0.1, 0.15) is 11.6 Å². The monoisotopic (exact) mass is 401 g/mol. The Hall–Kier alpha value is -2.87. The minimum absolute atomic E-state index is 0.224. The Labute approximate surface area is 166 Å². The zero-order chi connectivity index (χ0) is 20.3. The predicted molar refractivity (Wildman–Crippen MR) is 105 cm³/mol. The molecule has 2 aliphatic rings. The van der Waals surface area contributed by atoms with Gasteiger partial charge in [0.05, 0.1) is 5.69 Å². The van der Waals surface area contributed by atoms with E-state index in [-0.39, 0.29) is 5.76 Å². The molecule has 0 bridgehead atoms. The highest BCUT2D eigenvalue weighted by Crippen LogP contribution is 2.31. The first-order chi connectivity index (χ1) is 14.0. The van der Waals surface area contributed by atoms with Crippen LogP contribution in [0.2, 0.25) is 0 Å². The highest BCUT2D eigenvalue weighted by atomic mass is 19.4. The van der Waals surface area contributed by atoms with Crippen LogP contribution >= 0.6 is 0 Å². The van der Waals surface area contributed by atoms with Crippen molar-refractivity contribution in [1.29, 1.82) is 0 Å². The number of piperazine rings is 1. The van der Waals surface area contributed by atoms with Gasteiger partial charge in [-0.25, -0.2) is 9.97 Å². The van der Waals surface area contributed by atoms with Crippen molar-refractivity contribution < 1.29 is 17.9 Å². The lowest BCUT2D eigenvalue weighted by Crippen LogP contribution is -2.44. The summed E-state index contributed by atoms with van der Waals surface area (Å²) in [4.78, 5) is 11.5. The van der Waals surface area contributed by atoms with Gasteiger partial charge in [-0.2, -0.15) is 0 Å². The first kappa shape index (κ1) is 19.4. The van der Waals surface area contributed by atoms with Crippen molar-refractivity contribution >= 4 is 11.4 Å². The number of benzene rings is 1. The highest BCUT2D eigenvalue weighted by molar-refractivity contribution is 5.76. The number of hydrogen-bond donors (Lipinski definition) is 1. The molecule has 0 unspecified atom stereocenters.